The summed E-state index contributed by atoms with van der Waals surface area (Å²) in [6.07, 6.45) is 1.29. The maximum absolute atomic E-state index is 12.0. The SMILES string of the molecule is CC(C)(C)C(=O)C(O)Cc1c[nH]c2ccccc12. The molecule has 0 saturated heterocycles. The number of hydrogen-bond acceptors (Lipinski definition) is 2. The van der Waals surface area contributed by atoms with E-state index in [1.165, 1.54) is 0 Å². The number of Topliss-reactive ketones (excluding diaryl/α,β-unsaturated/α-hetero) is 1. The first-order valence-electron chi connectivity index (χ1n) is 6.17. The first-order valence-corrected chi connectivity index (χ1v) is 6.17. The molecule has 0 aliphatic rings. The molecule has 2 N–H and O–H groups in total. The second-order valence-corrected chi connectivity index (χ2v) is 5.69. The van der Waals surface area contributed by atoms with Gasteiger partial charge in [0.25, 0.3) is 0 Å². The van der Waals surface area contributed by atoms with Crippen LogP contribution in [0.1, 0.15) is 26.3 Å². The van der Waals surface area contributed by atoms with Gasteiger partial charge >= 0.3 is 0 Å². The van der Waals surface area contributed by atoms with E-state index in [9.17, 15) is 9.90 Å². The molecule has 0 spiro atoms. The summed E-state index contributed by atoms with van der Waals surface area (Å²) >= 11 is 0. The van der Waals surface area contributed by atoms with Crippen LogP contribution in [0.15, 0.2) is 30.5 Å². The topological polar surface area (TPSA) is 53.1 Å². The number of H-pyrrole nitrogens is 1. The van der Waals surface area contributed by atoms with E-state index in [0.29, 0.717) is 6.42 Å². The summed E-state index contributed by atoms with van der Waals surface area (Å²) in [6, 6.07) is 7.89. The van der Waals surface area contributed by atoms with Crippen LogP contribution in [0.4, 0.5) is 0 Å². The van der Waals surface area contributed by atoms with E-state index >= 15 is 0 Å². The average Bonchev–Trinajstić information content (AvgIpc) is 2.70. The van der Waals surface area contributed by atoms with E-state index in [4.69, 9.17) is 0 Å². The molecule has 1 heterocycles. The van der Waals surface area contributed by atoms with Gasteiger partial charge < -0.3 is 10.1 Å². The normalized spacial score (nSPS) is 13.8. The van der Waals surface area contributed by atoms with Gasteiger partial charge in [-0.1, -0.05) is 39.0 Å². The fraction of sp³-hybridized carbons (Fsp3) is 0.400. The van der Waals surface area contributed by atoms with Gasteiger partial charge in [0.05, 0.1) is 0 Å². The van der Waals surface area contributed by atoms with Crippen LogP contribution in [-0.4, -0.2) is 22.0 Å². The monoisotopic (exact) mass is 245 g/mol. The zero-order valence-corrected chi connectivity index (χ0v) is 11.0. The lowest BCUT2D eigenvalue weighted by molar-refractivity contribution is -0.134. The van der Waals surface area contributed by atoms with Crippen molar-refractivity contribution in [2.45, 2.75) is 33.3 Å². The summed E-state index contributed by atoms with van der Waals surface area (Å²) in [6.45, 7) is 5.48. The molecule has 1 aromatic heterocycles. The molecule has 1 atom stereocenters. The van der Waals surface area contributed by atoms with Gasteiger partial charge in [0.15, 0.2) is 5.78 Å². The third-order valence-corrected chi connectivity index (χ3v) is 3.13. The molecule has 0 radical (unpaired) electrons. The van der Waals surface area contributed by atoms with Crippen molar-refractivity contribution in [1.29, 1.82) is 0 Å². The summed E-state index contributed by atoms with van der Waals surface area (Å²) in [4.78, 5) is 15.1. The van der Waals surface area contributed by atoms with E-state index in [2.05, 4.69) is 4.98 Å². The number of fused-ring (bicyclic) bond motifs is 1. The number of nitrogens with one attached hydrogen (secondary N) is 1. The summed E-state index contributed by atoms with van der Waals surface area (Å²) in [5, 5.41) is 11.1. The smallest absolute Gasteiger partial charge is 0.166 e. The van der Waals surface area contributed by atoms with Gasteiger partial charge in [0, 0.05) is 28.9 Å². The fourth-order valence-electron chi connectivity index (χ4n) is 2.10. The van der Waals surface area contributed by atoms with Gasteiger partial charge in [0.2, 0.25) is 0 Å². The molecule has 0 amide bonds. The second-order valence-electron chi connectivity index (χ2n) is 5.69. The molecule has 18 heavy (non-hydrogen) atoms. The Morgan fingerprint density at radius 2 is 2.00 bits per heavy atom. The Balaban J connectivity index is 2.22. The van der Waals surface area contributed by atoms with Gasteiger partial charge in [-0.05, 0) is 11.6 Å². The fourth-order valence-corrected chi connectivity index (χ4v) is 2.10. The first kappa shape index (κ1) is 12.8. The zero-order chi connectivity index (χ0) is 13.3. The van der Waals surface area contributed by atoms with Crippen molar-refractivity contribution in [2.75, 3.05) is 0 Å². The van der Waals surface area contributed by atoms with Gasteiger partial charge in [-0.2, -0.15) is 0 Å². The third-order valence-electron chi connectivity index (χ3n) is 3.13. The van der Waals surface area contributed by atoms with Crippen molar-refractivity contribution in [3.05, 3.63) is 36.0 Å². The molecule has 3 heteroatoms. The molecule has 96 valence electrons. The maximum atomic E-state index is 12.0. The largest absolute Gasteiger partial charge is 0.385 e. The molecule has 1 unspecified atom stereocenters. The molecule has 0 aliphatic carbocycles. The molecular formula is C15H19NO2. The standard InChI is InChI=1S/C15H19NO2/c1-15(2,3)14(18)13(17)8-10-9-16-12-7-5-4-6-11(10)12/h4-7,9,13,16-17H,8H2,1-3H3. The molecule has 1 aromatic carbocycles. The molecule has 3 nitrogen and oxygen atoms in total. The Kier molecular flexibility index (Phi) is 3.26. The van der Waals surface area contributed by atoms with Crippen molar-refractivity contribution in [1.82, 2.24) is 4.98 Å². The molecule has 2 aromatic rings. The lowest BCUT2D eigenvalue weighted by Crippen LogP contribution is -2.33. The summed E-state index contributed by atoms with van der Waals surface area (Å²) in [5.41, 5.74) is 1.50. The molecule has 0 saturated carbocycles. The Bertz CT molecular complexity index is 563. The van der Waals surface area contributed by atoms with Crippen molar-refractivity contribution < 1.29 is 9.90 Å². The Labute approximate surface area is 107 Å². The number of carbonyl (C=O) groups excluding carboxylic acids is 1. The van der Waals surface area contributed by atoms with Gasteiger partial charge in [-0.25, -0.2) is 0 Å². The van der Waals surface area contributed by atoms with Crippen LogP contribution in [0.3, 0.4) is 0 Å². The number of para-hydroxylation sites is 1. The summed E-state index contributed by atoms with van der Waals surface area (Å²) in [5.74, 6) is -0.118. The lowest BCUT2D eigenvalue weighted by atomic mass is 9.85. The minimum Gasteiger partial charge on any atom is -0.385 e. The highest BCUT2D eigenvalue weighted by Crippen LogP contribution is 2.22. The number of rotatable bonds is 3. The number of hydrogen-bond donors (Lipinski definition) is 2. The second kappa shape index (κ2) is 4.58. The van der Waals surface area contributed by atoms with Crippen LogP contribution in [0.5, 0.6) is 0 Å². The molecule has 0 fully saturated rings. The Morgan fingerprint density at radius 1 is 1.33 bits per heavy atom. The van der Waals surface area contributed by atoms with Gasteiger partial charge in [-0.15, -0.1) is 0 Å². The zero-order valence-electron chi connectivity index (χ0n) is 11.0. The lowest BCUT2D eigenvalue weighted by Gasteiger charge is -2.20. The minimum atomic E-state index is -0.941. The van der Waals surface area contributed by atoms with Crippen LogP contribution < -0.4 is 0 Å². The van der Waals surface area contributed by atoms with Crippen LogP contribution in [0, 0.1) is 5.41 Å². The van der Waals surface area contributed by atoms with Crippen molar-refractivity contribution in [3.63, 3.8) is 0 Å². The number of carbonyl (C=O) groups is 1. The predicted molar refractivity (Wildman–Crippen MR) is 72.5 cm³/mol. The van der Waals surface area contributed by atoms with E-state index in [-0.39, 0.29) is 5.78 Å². The van der Waals surface area contributed by atoms with Crippen LogP contribution in [0.25, 0.3) is 10.9 Å². The number of aliphatic hydroxyl groups is 1. The minimum absolute atomic E-state index is 0.118. The number of benzene rings is 1. The van der Waals surface area contributed by atoms with Crippen molar-refractivity contribution >= 4 is 16.7 Å². The van der Waals surface area contributed by atoms with Crippen LogP contribution in [0.2, 0.25) is 0 Å². The van der Waals surface area contributed by atoms with E-state index < -0.39 is 11.5 Å². The maximum Gasteiger partial charge on any atom is 0.166 e. The first-order chi connectivity index (χ1) is 8.39. The molecular weight excluding hydrogens is 226 g/mol. The summed E-state index contributed by atoms with van der Waals surface area (Å²) in [7, 11) is 0. The van der Waals surface area contributed by atoms with E-state index in [1.807, 2.05) is 51.2 Å². The van der Waals surface area contributed by atoms with Crippen LogP contribution >= 0.6 is 0 Å². The van der Waals surface area contributed by atoms with Gasteiger partial charge in [0.1, 0.15) is 6.10 Å². The Hall–Kier alpha value is -1.61. The number of ketones is 1. The average molecular weight is 245 g/mol. The van der Waals surface area contributed by atoms with Crippen molar-refractivity contribution in [2.24, 2.45) is 5.41 Å². The highest BCUT2D eigenvalue weighted by Gasteiger charge is 2.28. The quantitative estimate of drug-likeness (QED) is 0.873. The number of aromatic nitrogens is 1. The molecule has 0 aliphatic heterocycles. The van der Waals surface area contributed by atoms with E-state index in [1.54, 1.807) is 0 Å². The predicted octanol–water partition coefficient (Wildman–Crippen LogP) is 2.69. The molecule has 2 rings (SSSR count). The third kappa shape index (κ3) is 2.46. The molecule has 0 bridgehead atoms. The number of aliphatic hydroxyl groups excluding tert-OH is 1. The number of aromatic amines is 1. The van der Waals surface area contributed by atoms with Gasteiger partial charge in [-0.3, -0.25) is 4.79 Å². The summed E-state index contributed by atoms with van der Waals surface area (Å²) < 4.78 is 0. The van der Waals surface area contributed by atoms with E-state index in [0.717, 1.165) is 16.5 Å². The highest BCUT2D eigenvalue weighted by molar-refractivity contribution is 5.89. The highest BCUT2D eigenvalue weighted by atomic mass is 16.3. The van der Waals surface area contributed by atoms with Crippen LogP contribution in [-0.2, 0) is 11.2 Å². The Morgan fingerprint density at radius 3 is 2.67 bits per heavy atom. The van der Waals surface area contributed by atoms with Crippen molar-refractivity contribution in [3.8, 4) is 0 Å².